The van der Waals surface area contributed by atoms with Crippen molar-refractivity contribution in [2.75, 3.05) is 5.75 Å². The number of carboxylic acid groups (broad SMARTS) is 1. The van der Waals surface area contributed by atoms with Crippen molar-refractivity contribution in [1.82, 2.24) is 5.32 Å². The number of nitrogens with one attached hydrogen (secondary N) is 1. The van der Waals surface area contributed by atoms with E-state index in [2.05, 4.69) is 5.32 Å². The Kier molecular flexibility index (Phi) is 9.35. The molecule has 4 aromatic rings. The first-order valence-electron chi connectivity index (χ1n) is 11.9. The van der Waals surface area contributed by atoms with Crippen LogP contribution in [0.25, 0.3) is 10.8 Å². The van der Waals surface area contributed by atoms with Gasteiger partial charge in [0.2, 0.25) is 16.1 Å². The van der Waals surface area contributed by atoms with Crippen LogP contribution in [-0.4, -0.2) is 44.3 Å². The number of fused-ring (bicyclic) bond motifs is 1. The summed E-state index contributed by atoms with van der Waals surface area (Å²) < 4.78 is 0. The molecule has 0 radical (unpaired) electrons. The van der Waals surface area contributed by atoms with E-state index in [1.165, 1.54) is 0 Å². The van der Waals surface area contributed by atoms with Gasteiger partial charge in [0.05, 0.1) is 0 Å². The highest BCUT2D eigenvalue weighted by Gasteiger charge is 2.29. The Morgan fingerprint density at radius 2 is 1.29 bits per heavy atom. The fourth-order valence-corrected chi connectivity index (χ4v) is 5.75. The minimum absolute atomic E-state index is 0.00507. The Morgan fingerprint density at radius 3 is 1.92 bits per heavy atom. The lowest BCUT2D eigenvalue weighted by Gasteiger charge is -2.20. The summed E-state index contributed by atoms with van der Waals surface area (Å²) in [6, 6.07) is 29.4. The van der Waals surface area contributed by atoms with E-state index in [4.69, 9.17) is 0 Å². The summed E-state index contributed by atoms with van der Waals surface area (Å²) in [6.07, 6.45) is 0.0754. The van der Waals surface area contributed by atoms with Gasteiger partial charge in [-0.05, 0) is 16.3 Å². The van der Waals surface area contributed by atoms with E-state index in [9.17, 15) is 24.3 Å². The van der Waals surface area contributed by atoms with Gasteiger partial charge < -0.3 is 10.4 Å². The van der Waals surface area contributed by atoms with Crippen molar-refractivity contribution < 1.29 is 24.3 Å². The zero-order valence-corrected chi connectivity index (χ0v) is 21.9. The Labute approximate surface area is 228 Å². The predicted molar refractivity (Wildman–Crippen MR) is 153 cm³/mol. The average molecular weight is 544 g/mol. The maximum atomic E-state index is 13.3. The van der Waals surface area contributed by atoms with Crippen molar-refractivity contribution in [1.29, 1.82) is 0 Å². The third-order valence-electron chi connectivity index (χ3n) is 5.79. The van der Waals surface area contributed by atoms with Gasteiger partial charge in [-0.3, -0.25) is 14.4 Å². The van der Waals surface area contributed by atoms with Gasteiger partial charge in [-0.25, -0.2) is 4.79 Å². The van der Waals surface area contributed by atoms with Crippen LogP contribution in [0, 0.1) is 0 Å². The van der Waals surface area contributed by atoms with Crippen molar-refractivity contribution in [2.45, 2.75) is 17.7 Å². The van der Waals surface area contributed by atoms with E-state index in [1.807, 2.05) is 42.5 Å². The number of amides is 1. The number of benzene rings is 4. The molecule has 4 rings (SSSR count). The smallest absolute Gasteiger partial charge is 0.326 e. The summed E-state index contributed by atoms with van der Waals surface area (Å²) in [5.74, 6) is -1.79. The van der Waals surface area contributed by atoms with Crippen molar-refractivity contribution in [3.05, 3.63) is 120 Å². The molecule has 6 nitrogen and oxygen atoms in total. The summed E-state index contributed by atoms with van der Waals surface area (Å²) in [5, 5.41) is 12.9. The zero-order chi connectivity index (χ0) is 26.9. The monoisotopic (exact) mass is 543 g/mol. The zero-order valence-electron chi connectivity index (χ0n) is 20.3. The molecule has 0 saturated heterocycles. The normalized spacial score (nSPS) is 12.4. The second kappa shape index (κ2) is 13.1. The maximum absolute atomic E-state index is 13.3. The topological polar surface area (TPSA) is 101 Å². The summed E-state index contributed by atoms with van der Waals surface area (Å²) in [5.41, 5.74) is 1.66. The standard InChI is InChI=1S/C30H25NO5S2/c32-27(31-25(28(33)34)18-20-15-16-21-9-7-8-14-24(21)17-20)26(38-30(36)23-12-5-2-6-13-23)19-37-29(35)22-10-3-1-4-11-22/h1-17,25-26H,18-19H2,(H,31,32)(H,33,34)/t25-,26?/m0/s1. The lowest BCUT2D eigenvalue weighted by Crippen LogP contribution is -2.46. The molecule has 0 fully saturated rings. The quantitative estimate of drug-likeness (QED) is 0.274. The summed E-state index contributed by atoms with van der Waals surface area (Å²) in [4.78, 5) is 50.9. The molecule has 0 aromatic heterocycles. The molecule has 0 aliphatic carbocycles. The van der Waals surface area contributed by atoms with Crippen LogP contribution < -0.4 is 5.32 Å². The number of rotatable bonds is 10. The molecule has 1 unspecified atom stereocenters. The van der Waals surface area contributed by atoms with Gasteiger partial charge >= 0.3 is 5.97 Å². The molecular formula is C30H25NO5S2. The van der Waals surface area contributed by atoms with E-state index in [1.54, 1.807) is 60.7 Å². The van der Waals surface area contributed by atoms with Crippen LogP contribution in [0.5, 0.6) is 0 Å². The first-order valence-corrected chi connectivity index (χ1v) is 13.8. The lowest BCUT2D eigenvalue weighted by atomic mass is 10.0. The minimum atomic E-state index is -1.20. The van der Waals surface area contributed by atoms with Gasteiger partial charge in [0.15, 0.2) is 0 Å². The molecule has 2 N–H and O–H groups in total. The van der Waals surface area contributed by atoms with Crippen LogP contribution in [0.2, 0.25) is 0 Å². The van der Waals surface area contributed by atoms with Gasteiger partial charge in [0, 0.05) is 23.3 Å². The molecule has 8 heteroatoms. The van der Waals surface area contributed by atoms with Crippen molar-refractivity contribution >= 4 is 56.4 Å². The Bertz CT molecular complexity index is 1440. The number of hydrogen-bond acceptors (Lipinski definition) is 6. The lowest BCUT2D eigenvalue weighted by molar-refractivity contribution is -0.141. The van der Waals surface area contributed by atoms with Crippen LogP contribution in [0.1, 0.15) is 26.3 Å². The number of hydrogen-bond donors (Lipinski definition) is 2. The minimum Gasteiger partial charge on any atom is -0.480 e. The molecule has 38 heavy (non-hydrogen) atoms. The van der Waals surface area contributed by atoms with E-state index in [-0.39, 0.29) is 22.4 Å². The van der Waals surface area contributed by atoms with Crippen molar-refractivity contribution in [2.24, 2.45) is 0 Å². The van der Waals surface area contributed by atoms with Crippen LogP contribution in [-0.2, 0) is 16.0 Å². The largest absolute Gasteiger partial charge is 0.480 e. The Hall–Kier alpha value is -3.88. The molecule has 0 aliphatic rings. The number of thioether (sulfide) groups is 2. The highest BCUT2D eigenvalue weighted by atomic mass is 32.2. The first kappa shape index (κ1) is 27.2. The maximum Gasteiger partial charge on any atom is 0.326 e. The molecule has 0 aliphatic heterocycles. The van der Waals surface area contributed by atoms with E-state index >= 15 is 0 Å². The summed E-state index contributed by atoms with van der Waals surface area (Å²) in [7, 11) is 0. The molecule has 2 atom stereocenters. The number of carboxylic acids is 1. The van der Waals surface area contributed by atoms with Gasteiger partial charge in [0.25, 0.3) is 0 Å². The number of aliphatic carboxylic acids is 1. The van der Waals surface area contributed by atoms with Crippen molar-refractivity contribution in [3.8, 4) is 0 Å². The second-order valence-corrected chi connectivity index (χ2v) is 10.7. The van der Waals surface area contributed by atoms with E-state index in [0.717, 1.165) is 39.9 Å². The molecule has 4 aromatic carbocycles. The third-order valence-corrected chi connectivity index (χ3v) is 8.12. The molecule has 0 bridgehead atoms. The third kappa shape index (κ3) is 7.34. The van der Waals surface area contributed by atoms with Gasteiger partial charge in [-0.1, -0.05) is 127 Å². The Morgan fingerprint density at radius 1 is 0.711 bits per heavy atom. The second-order valence-electron chi connectivity index (χ2n) is 8.51. The molecule has 192 valence electrons. The molecule has 0 saturated carbocycles. The van der Waals surface area contributed by atoms with Gasteiger partial charge in [0.1, 0.15) is 11.3 Å². The summed E-state index contributed by atoms with van der Waals surface area (Å²) in [6.45, 7) is 0. The molecule has 0 spiro atoms. The van der Waals surface area contributed by atoms with Crippen molar-refractivity contribution in [3.63, 3.8) is 0 Å². The fourth-order valence-electron chi connectivity index (χ4n) is 3.81. The van der Waals surface area contributed by atoms with Gasteiger partial charge in [-0.15, -0.1) is 0 Å². The van der Waals surface area contributed by atoms with Crippen LogP contribution in [0.4, 0.5) is 0 Å². The number of carbonyl (C=O) groups excluding carboxylic acids is 3. The molecule has 1 amide bonds. The van der Waals surface area contributed by atoms with Crippen LogP contribution in [0.15, 0.2) is 103 Å². The highest BCUT2D eigenvalue weighted by Crippen LogP contribution is 2.24. The first-order chi connectivity index (χ1) is 18.4. The number of carbonyl (C=O) groups is 4. The van der Waals surface area contributed by atoms with Gasteiger partial charge in [-0.2, -0.15) is 0 Å². The fraction of sp³-hybridized carbons (Fsp3) is 0.133. The SMILES string of the molecule is O=C(SCC(SC(=O)c1ccccc1)C(=O)N[C@@H](Cc1ccc2ccccc2c1)C(=O)O)c1ccccc1. The van der Waals surface area contributed by atoms with Crippen LogP contribution >= 0.6 is 23.5 Å². The molecule has 0 heterocycles. The summed E-state index contributed by atoms with van der Waals surface area (Å²) >= 11 is 1.71. The average Bonchev–Trinajstić information content (AvgIpc) is 2.95. The molecular weight excluding hydrogens is 518 g/mol. The van der Waals surface area contributed by atoms with Crippen LogP contribution in [0.3, 0.4) is 0 Å². The van der Waals surface area contributed by atoms with E-state index in [0.29, 0.717) is 11.1 Å². The van der Waals surface area contributed by atoms with E-state index < -0.39 is 23.2 Å². The Balaban J connectivity index is 1.49. The highest BCUT2D eigenvalue weighted by molar-refractivity contribution is 8.18. The predicted octanol–water partition coefficient (Wildman–Crippen LogP) is 5.47.